The third-order valence-electron chi connectivity index (χ3n) is 1.49. The zero-order valence-corrected chi connectivity index (χ0v) is 5.40. The molecule has 10 heavy (non-hydrogen) atoms. The second kappa shape index (κ2) is 1.53. The maximum Gasteiger partial charge on any atom is 0.295 e. The molecule has 0 spiro atoms. The van der Waals surface area contributed by atoms with E-state index >= 15 is 0 Å². The summed E-state index contributed by atoms with van der Waals surface area (Å²) in [5.41, 5.74) is 1.40. The Morgan fingerprint density at radius 1 is 1.60 bits per heavy atom. The summed E-state index contributed by atoms with van der Waals surface area (Å²) in [4.78, 5) is 14.5. The minimum absolute atomic E-state index is 0.199. The number of fused-ring (bicyclic) bond motifs is 1. The van der Waals surface area contributed by atoms with Gasteiger partial charge in [0.2, 0.25) is 0 Å². The van der Waals surface area contributed by atoms with Crippen LogP contribution in [0.5, 0.6) is 0 Å². The summed E-state index contributed by atoms with van der Waals surface area (Å²) in [6.45, 7) is 0. The molecule has 2 heterocycles. The van der Waals surface area contributed by atoms with E-state index in [-0.39, 0.29) is 5.91 Å². The Balaban J connectivity index is 2.74. The molecule has 1 aromatic heterocycles. The van der Waals surface area contributed by atoms with Crippen LogP contribution in [0.15, 0.2) is 11.2 Å². The fourth-order valence-corrected chi connectivity index (χ4v) is 1.00. The number of carbonyl (C=O) groups excluding carboxylic acids is 1. The van der Waals surface area contributed by atoms with Crippen molar-refractivity contribution in [1.82, 2.24) is 9.78 Å². The van der Waals surface area contributed by atoms with Gasteiger partial charge in [-0.2, -0.15) is 5.10 Å². The molecule has 1 aliphatic heterocycles. The van der Waals surface area contributed by atoms with Crippen LogP contribution in [0, 0.1) is 0 Å². The number of hydrogen-bond acceptors (Lipinski definition) is 2. The summed E-state index contributed by atoms with van der Waals surface area (Å²) < 4.78 is 1.53. The van der Waals surface area contributed by atoms with Gasteiger partial charge in [-0.05, 0) is 0 Å². The number of rotatable bonds is 0. The predicted molar refractivity (Wildman–Crippen MR) is 35.1 cm³/mol. The van der Waals surface area contributed by atoms with E-state index in [4.69, 9.17) is 0 Å². The van der Waals surface area contributed by atoms with Crippen molar-refractivity contribution in [1.29, 1.82) is 0 Å². The molecule has 4 nitrogen and oxygen atoms in total. The van der Waals surface area contributed by atoms with Gasteiger partial charge in [-0.15, -0.1) is 0 Å². The van der Waals surface area contributed by atoms with Crippen molar-refractivity contribution < 1.29 is 4.79 Å². The molecule has 0 saturated heterocycles. The minimum atomic E-state index is -0.199. The smallest absolute Gasteiger partial charge is 0.265 e. The number of aryl methyl sites for hydroxylation is 1. The van der Waals surface area contributed by atoms with Crippen molar-refractivity contribution in [3.8, 4) is 0 Å². The summed E-state index contributed by atoms with van der Waals surface area (Å²) in [7, 11) is 1.73. The molecule has 1 amide bonds. The van der Waals surface area contributed by atoms with Crippen molar-refractivity contribution in [2.45, 2.75) is 0 Å². The SMILES string of the molecule is Cn1ncc2c1C(=O)N=C2. The monoisotopic (exact) mass is 135 g/mol. The van der Waals surface area contributed by atoms with Gasteiger partial charge in [0, 0.05) is 18.8 Å². The Kier molecular flexibility index (Phi) is 0.818. The van der Waals surface area contributed by atoms with Crippen molar-refractivity contribution in [2.75, 3.05) is 0 Å². The normalized spacial score (nSPS) is 14.3. The highest BCUT2D eigenvalue weighted by Crippen LogP contribution is 2.11. The Bertz CT molecular complexity index is 324. The van der Waals surface area contributed by atoms with Crippen LogP contribution in [0.3, 0.4) is 0 Å². The minimum Gasteiger partial charge on any atom is -0.265 e. The predicted octanol–water partition coefficient (Wildman–Crippen LogP) is -0.00720. The maximum absolute atomic E-state index is 10.9. The lowest BCUT2D eigenvalue weighted by molar-refractivity contribution is 0.0998. The number of amides is 1. The van der Waals surface area contributed by atoms with E-state index in [0.29, 0.717) is 5.69 Å². The van der Waals surface area contributed by atoms with Crippen LogP contribution >= 0.6 is 0 Å². The molecule has 0 atom stereocenters. The Morgan fingerprint density at radius 3 is 3.10 bits per heavy atom. The van der Waals surface area contributed by atoms with Crippen LogP contribution in [-0.4, -0.2) is 21.9 Å². The van der Waals surface area contributed by atoms with Gasteiger partial charge in [-0.1, -0.05) is 0 Å². The Morgan fingerprint density at radius 2 is 2.40 bits per heavy atom. The average molecular weight is 135 g/mol. The molecule has 1 aromatic rings. The van der Waals surface area contributed by atoms with Gasteiger partial charge in [0.25, 0.3) is 5.91 Å². The molecule has 4 heteroatoms. The molecule has 0 fully saturated rings. The van der Waals surface area contributed by atoms with Crippen molar-refractivity contribution >= 4 is 12.1 Å². The molecule has 0 aliphatic carbocycles. The van der Waals surface area contributed by atoms with Crippen LogP contribution in [-0.2, 0) is 7.05 Å². The second-order valence-electron chi connectivity index (χ2n) is 2.14. The highest BCUT2D eigenvalue weighted by Gasteiger charge is 2.19. The average Bonchev–Trinajstić information content (AvgIpc) is 2.40. The molecule has 0 N–H and O–H groups in total. The first-order valence-electron chi connectivity index (χ1n) is 2.89. The molecule has 0 saturated carbocycles. The summed E-state index contributed by atoms with van der Waals surface area (Å²) >= 11 is 0. The Labute approximate surface area is 57.2 Å². The number of hydrogen-bond donors (Lipinski definition) is 0. The van der Waals surface area contributed by atoms with Gasteiger partial charge in [0.05, 0.1) is 6.20 Å². The third kappa shape index (κ3) is 0.478. The van der Waals surface area contributed by atoms with Crippen molar-refractivity contribution in [3.05, 3.63) is 17.5 Å². The first kappa shape index (κ1) is 5.34. The van der Waals surface area contributed by atoms with Gasteiger partial charge in [0.15, 0.2) is 0 Å². The second-order valence-corrected chi connectivity index (χ2v) is 2.14. The molecule has 1 aliphatic rings. The number of carbonyl (C=O) groups is 1. The van der Waals surface area contributed by atoms with E-state index in [9.17, 15) is 4.79 Å². The molecule has 0 aromatic carbocycles. The van der Waals surface area contributed by atoms with Crippen molar-refractivity contribution in [3.63, 3.8) is 0 Å². The van der Waals surface area contributed by atoms with E-state index in [0.717, 1.165) is 5.56 Å². The molecular weight excluding hydrogens is 130 g/mol. The van der Waals surface area contributed by atoms with Crippen molar-refractivity contribution in [2.24, 2.45) is 12.0 Å². The summed E-state index contributed by atoms with van der Waals surface area (Å²) in [5, 5.41) is 3.89. The fraction of sp³-hybridized carbons (Fsp3) is 0.167. The third-order valence-corrected chi connectivity index (χ3v) is 1.49. The summed E-state index contributed by atoms with van der Waals surface area (Å²) in [6.07, 6.45) is 3.16. The van der Waals surface area contributed by atoms with Gasteiger partial charge < -0.3 is 0 Å². The van der Waals surface area contributed by atoms with E-state index < -0.39 is 0 Å². The van der Waals surface area contributed by atoms with Crippen LogP contribution in [0.1, 0.15) is 16.1 Å². The van der Waals surface area contributed by atoms with Crippen LogP contribution in [0.2, 0.25) is 0 Å². The van der Waals surface area contributed by atoms with E-state index in [2.05, 4.69) is 10.1 Å². The van der Waals surface area contributed by atoms with Crippen LogP contribution in [0.4, 0.5) is 0 Å². The lowest BCUT2D eigenvalue weighted by Gasteiger charge is -1.90. The zero-order valence-electron chi connectivity index (χ0n) is 5.40. The van der Waals surface area contributed by atoms with Gasteiger partial charge in [-0.25, -0.2) is 4.99 Å². The molecule has 50 valence electrons. The quantitative estimate of drug-likeness (QED) is 0.502. The highest BCUT2D eigenvalue weighted by atomic mass is 16.1. The summed E-state index contributed by atoms with van der Waals surface area (Å²) in [5.74, 6) is -0.199. The van der Waals surface area contributed by atoms with Gasteiger partial charge >= 0.3 is 0 Å². The largest absolute Gasteiger partial charge is 0.295 e. The molecule has 0 bridgehead atoms. The summed E-state index contributed by atoms with van der Waals surface area (Å²) in [6, 6.07) is 0. The Hall–Kier alpha value is -1.45. The highest BCUT2D eigenvalue weighted by molar-refractivity contribution is 6.11. The number of nitrogens with zero attached hydrogens (tertiary/aromatic N) is 3. The molecule has 0 unspecified atom stereocenters. The maximum atomic E-state index is 10.9. The molecule has 0 radical (unpaired) electrons. The van der Waals surface area contributed by atoms with Gasteiger partial charge in [-0.3, -0.25) is 9.48 Å². The topological polar surface area (TPSA) is 47.2 Å². The van der Waals surface area contributed by atoms with E-state index in [1.165, 1.54) is 10.9 Å². The lowest BCUT2D eigenvalue weighted by atomic mass is 10.3. The van der Waals surface area contributed by atoms with Gasteiger partial charge in [0.1, 0.15) is 5.69 Å². The fourth-order valence-electron chi connectivity index (χ4n) is 1.00. The zero-order chi connectivity index (χ0) is 7.14. The number of aliphatic imine (C=N–C) groups is 1. The molecular formula is C6H5N3O. The lowest BCUT2D eigenvalue weighted by Crippen LogP contribution is -2.01. The first-order valence-corrected chi connectivity index (χ1v) is 2.89. The number of aromatic nitrogens is 2. The van der Waals surface area contributed by atoms with Crippen LogP contribution in [0.25, 0.3) is 0 Å². The van der Waals surface area contributed by atoms with Crippen LogP contribution < -0.4 is 0 Å². The standard InChI is InChI=1S/C6H5N3O/c1-9-5-4(3-8-9)2-7-6(5)10/h2-3H,1H3. The van der Waals surface area contributed by atoms with E-state index in [1.54, 1.807) is 13.2 Å². The van der Waals surface area contributed by atoms with E-state index in [1.807, 2.05) is 0 Å². The first-order chi connectivity index (χ1) is 4.79. The molecule has 2 rings (SSSR count).